The zero-order valence-corrected chi connectivity index (χ0v) is 19.1. The van der Waals surface area contributed by atoms with Crippen molar-refractivity contribution in [3.8, 4) is 0 Å². The molecule has 0 saturated heterocycles. The van der Waals surface area contributed by atoms with Gasteiger partial charge in [-0.2, -0.15) is 0 Å². The summed E-state index contributed by atoms with van der Waals surface area (Å²) in [7, 11) is 0. The lowest BCUT2D eigenvalue weighted by Crippen LogP contribution is -2.47. The van der Waals surface area contributed by atoms with Crippen LogP contribution in [-0.2, 0) is 11.3 Å². The van der Waals surface area contributed by atoms with E-state index in [2.05, 4.69) is 14.9 Å². The Morgan fingerprint density at radius 3 is 2.44 bits per heavy atom. The maximum atomic E-state index is 13.6. The highest BCUT2D eigenvalue weighted by Gasteiger charge is 2.34. The molecule has 1 N–H and O–H groups in total. The highest BCUT2D eigenvalue weighted by atomic mass is 32.1. The molecule has 1 atom stereocenters. The van der Waals surface area contributed by atoms with Crippen molar-refractivity contribution in [3.63, 3.8) is 0 Å². The minimum atomic E-state index is -0.756. The van der Waals surface area contributed by atoms with E-state index < -0.39 is 6.04 Å². The first-order chi connectivity index (χ1) is 15.6. The van der Waals surface area contributed by atoms with E-state index in [1.165, 1.54) is 6.42 Å². The molecule has 1 aliphatic rings. The molecule has 0 unspecified atom stereocenters. The maximum absolute atomic E-state index is 13.6. The lowest BCUT2D eigenvalue weighted by atomic mass is 9.94. The number of hydrogen-bond donors (Lipinski definition) is 1. The highest BCUT2D eigenvalue weighted by molar-refractivity contribution is 7.03. The second-order valence-corrected chi connectivity index (χ2v) is 8.98. The molecule has 1 fully saturated rings. The number of nitrogens with one attached hydrogen (secondary N) is 1. The summed E-state index contributed by atoms with van der Waals surface area (Å²) >= 11 is 1.13. The van der Waals surface area contributed by atoms with Crippen LogP contribution in [0.1, 0.15) is 65.3 Å². The van der Waals surface area contributed by atoms with Crippen LogP contribution in [0.4, 0.5) is 0 Å². The average molecular weight is 449 g/mol. The Kier molecular flexibility index (Phi) is 7.27. The number of nitrogens with zero attached hydrogens (tertiary/aromatic N) is 3. The number of aryl methyl sites for hydroxylation is 1. The van der Waals surface area contributed by atoms with Gasteiger partial charge in [-0.3, -0.25) is 9.59 Å². The molecule has 6 nitrogen and oxygen atoms in total. The van der Waals surface area contributed by atoms with Gasteiger partial charge in [0.05, 0.1) is 0 Å². The topological polar surface area (TPSA) is 75.2 Å². The van der Waals surface area contributed by atoms with Crippen LogP contribution in [-0.4, -0.2) is 32.3 Å². The maximum Gasteiger partial charge on any atom is 0.276 e. The van der Waals surface area contributed by atoms with Crippen LogP contribution in [0, 0.1) is 6.92 Å². The molecule has 0 radical (unpaired) electrons. The quantitative estimate of drug-likeness (QED) is 0.569. The Labute approximate surface area is 192 Å². The van der Waals surface area contributed by atoms with Gasteiger partial charge >= 0.3 is 0 Å². The average Bonchev–Trinajstić information content (AvgIpc) is 3.36. The second-order valence-electron chi connectivity index (χ2n) is 8.37. The molecule has 0 bridgehead atoms. The molecular weight excluding hydrogens is 420 g/mol. The van der Waals surface area contributed by atoms with Gasteiger partial charge in [0.1, 0.15) is 6.04 Å². The van der Waals surface area contributed by atoms with Crippen LogP contribution in [0.5, 0.6) is 0 Å². The van der Waals surface area contributed by atoms with Gasteiger partial charge < -0.3 is 10.2 Å². The largest absolute Gasteiger partial charge is 0.351 e. The van der Waals surface area contributed by atoms with E-state index >= 15 is 0 Å². The molecule has 3 aromatic rings. The van der Waals surface area contributed by atoms with Gasteiger partial charge in [0.2, 0.25) is 5.91 Å². The van der Waals surface area contributed by atoms with E-state index in [0.717, 1.165) is 53.9 Å². The zero-order valence-electron chi connectivity index (χ0n) is 18.2. The Morgan fingerprint density at radius 1 is 1.06 bits per heavy atom. The SMILES string of the molecule is Cc1ccc(CN(C(=O)c2csnn2)[C@@H](C(=O)NC2CCCCC2)c2ccccc2)cc1. The molecule has 2 amide bonds. The van der Waals surface area contributed by atoms with Gasteiger partial charge in [-0.15, -0.1) is 5.10 Å². The van der Waals surface area contributed by atoms with Crippen LogP contribution in [0.3, 0.4) is 0 Å². The third kappa shape index (κ3) is 5.40. The summed E-state index contributed by atoms with van der Waals surface area (Å²) < 4.78 is 3.86. The molecular formula is C25H28N4O2S. The summed E-state index contributed by atoms with van der Waals surface area (Å²) in [6.07, 6.45) is 5.42. The van der Waals surface area contributed by atoms with Crippen molar-refractivity contribution in [1.82, 2.24) is 19.8 Å². The van der Waals surface area contributed by atoms with Crippen LogP contribution in [0.25, 0.3) is 0 Å². The fourth-order valence-electron chi connectivity index (χ4n) is 4.21. The first kappa shape index (κ1) is 22.1. The second kappa shape index (κ2) is 10.5. The molecule has 0 aliphatic heterocycles. The number of rotatable bonds is 7. The fourth-order valence-corrected chi connectivity index (χ4v) is 4.64. The summed E-state index contributed by atoms with van der Waals surface area (Å²) in [5.74, 6) is -0.446. The molecule has 1 aliphatic carbocycles. The van der Waals surface area contributed by atoms with Crippen molar-refractivity contribution in [2.75, 3.05) is 0 Å². The molecule has 166 valence electrons. The number of hydrogen-bond acceptors (Lipinski definition) is 5. The number of carbonyl (C=O) groups is 2. The molecule has 1 aromatic heterocycles. The minimum Gasteiger partial charge on any atom is -0.351 e. The molecule has 32 heavy (non-hydrogen) atoms. The molecule has 2 aromatic carbocycles. The lowest BCUT2D eigenvalue weighted by Gasteiger charge is -2.33. The van der Waals surface area contributed by atoms with Crippen LogP contribution < -0.4 is 5.32 Å². The van der Waals surface area contributed by atoms with Gasteiger partial charge in [0, 0.05) is 18.0 Å². The van der Waals surface area contributed by atoms with E-state index in [9.17, 15) is 9.59 Å². The summed E-state index contributed by atoms with van der Waals surface area (Å²) in [6, 6.07) is 16.9. The normalized spacial score (nSPS) is 15.2. The predicted octanol–water partition coefficient (Wildman–Crippen LogP) is 4.68. The first-order valence-corrected chi connectivity index (χ1v) is 11.9. The van der Waals surface area contributed by atoms with Crippen LogP contribution in [0.2, 0.25) is 0 Å². The van der Waals surface area contributed by atoms with Crippen LogP contribution >= 0.6 is 11.5 Å². The highest BCUT2D eigenvalue weighted by Crippen LogP contribution is 2.27. The standard InChI is InChI=1S/C25H28N4O2S/c1-18-12-14-19(15-13-18)16-29(25(31)22-17-32-28-27-22)23(20-8-4-2-5-9-20)24(30)26-21-10-6-3-7-11-21/h2,4-5,8-9,12-15,17,21,23H,3,6-7,10-11,16H2,1H3,(H,26,30)/t23-/m1/s1. The molecule has 0 spiro atoms. The van der Waals surface area contributed by atoms with E-state index in [1.807, 2.05) is 61.5 Å². The predicted molar refractivity (Wildman–Crippen MR) is 125 cm³/mol. The molecule has 4 rings (SSSR count). The van der Waals surface area contributed by atoms with Crippen molar-refractivity contribution in [2.45, 2.75) is 57.7 Å². The number of aromatic nitrogens is 2. The van der Waals surface area contributed by atoms with E-state index in [0.29, 0.717) is 6.54 Å². The van der Waals surface area contributed by atoms with Crippen molar-refractivity contribution in [3.05, 3.63) is 82.4 Å². The van der Waals surface area contributed by atoms with Gasteiger partial charge in [0.25, 0.3) is 5.91 Å². The summed E-state index contributed by atoms with van der Waals surface area (Å²) in [4.78, 5) is 28.8. The van der Waals surface area contributed by atoms with E-state index in [4.69, 9.17) is 0 Å². The number of benzene rings is 2. The monoisotopic (exact) mass is 448 g/mol. The third-order valence-corrected chi connectivity index (χ3v) is 6.45. The number of carbonyl (C=O) groups excluding carboxylic acids is 2. The smallest absolute Gasteiger partial charge is 0.276 e. The fraction of sp³-hybridized carbons (Fsp3) is 0.360. The summed E-state index contributed by atoms with van der Waals surface area (Å²) in [5, 5.41) is 8.85. The lowest BCUT2D eigenvalue weighted by molar-refractivity contribution is -0.127. The van der Waals surface area contributed by atoms with Crippen molar-refractivity contribution < 1.29 is 9.59 Å². The first-order valence-electron chi connectivity index (χ1n) is 11.1. The molecule has 7 heteroatoms. The Balaban J connectivity index is 1.70. The molecule has 1 saturated carbocycles. The summed E-state index contributed by atoms with van der Waals surface area (Å²) in [5.41, 5.74) is 3.14. The van der Waals surface area contributed by atoms with Gasteiger partial charge in [-0.05, 0) is 42.4 Å². The van der Waals surface area contributed by atoms with Crippen LogP contribution in [0.15, 0.2) is 60.0 Å². The molecule has 1 heterocycles. The van der Waals surface area contributed by atoms with E-state index in [-0.39, 0.29) is 23.6 Å². The minimum absolute atomic E-state index is 0.147. The Hall–Kier alpha value is -3.06. The Bertz CT molecular complexity index is 1020. The van der Waals surface area contributed by atoms with Gasteiger partial charge in [0.15, 0.2) is 5.69 Å². The van der Waals surface area contributed by atoms with Crippen molar-refractivity contribution in [1.29, 1.82) is 0 Å². The Morgan fingerprint density at radius 2 is 1.78 bits per heavy atom. The van der Waals surface area contributed by atoms with Gasteiger partial charge in [-0.1, -0.05) is 83.9 Å². The third-order valence-electron chi connectivity index (χ3n) is 5.94. The van der Waals surface area contributed by atoms with Gasteiger partial charge in [-0.25, -0.2) is 0 Å². The van der Waals surface area contributed by atoms with E-state index in [1.54, 1.807) is 10.3 Å². The van der Waals surface area contributed by atoms with Crippen molar-refractivity contribution >= 4 is 23.3 Å². The summed E-state index contributed by atoms with van der Waals surface area (Å²) in [6.45, 7) is 2.33. The van der Waals surface area contributed by atoms with Crippen molar-refractivity contribution in [2.24, 2.45) is 0 Å². The zero-order chi connectivity index (χ0) is 22.3. The number of amides is 2.